The molecule has 0 aromatic carbocycles. The molecule has 0 radical (unpaired) electrons. The number of unbranched alkanes of at least 4 members (excludes halogenated alkanes) is 14. The molecule has 5 unspecified atom stereocenters. The van der Waals surface area contributed by atoms with E-state index in [0.29, 0.717) is 63.2 Å². The molecule has 0 bridgehead atoms. The summed E-state index contributed by atoms with van der Waals surface area (Å²) in [6, 6.07) is -0.890. The third-order valence-corrected chi connectivity index (χ3v) is 11.1. The van der Waals surface area contributed by atoms with Crippen molar-refractivity contribution in [3.8, 4) is 0 Å². The number of aliphatic carboxylic acids is 1. The SMILES string of the molecule is CCCCCC1OC1CC=CCCCCCCCC(=O)NCCC(CCNC(=O)CCCCCCCC=CCC1OC1CCCCC)CCC(N)C(=O)O. The van der Waals surface area contributed by atoms with Crippen LogP contribution in [0.25, 0.3) is 0 Å². The monoisotopic (exact) mass is 760 g/mol. The van der Waals surface area contributed by atoms with Crippen molar-refractivity contribution in [2.45, 2.75) is 224 Å². The van der Waals surface area contributed by atoms with Crippen molar-refractivity contribution < 1.29 is 29.0 Å². The average Bonchev–Trinajstić information content (AvgIpc) is 4.09. The van der Waals surface area contributed by atoms with Crippen LogP contribution in [0.5, 0.6) is 0 Å². The Morgan fingerprint density at radius 2 is 1.02 bits per heavy atom. The van der Waals surface area contributed by atoms with Gasteiger partial charge in [0.25, 0.3) is 0 Å². The van der Waals surface area contributed by atoms with Gasteiger partial charge in [0.15, 0.2) is 0 Å². The van der Waals surface area contributed by atoms with E-state index in [1.165, 1.54) is 77.0 Å². The van der Waals surface area contributed by atoms with Crippen LogP contribution in [0.1, 0.15) is 194 Å². The fraction of sp³-hybridized carbons (Fsp3) is 0.844. The van der Waals surface area contributed by atoms with Crippen LogP contribution in [0.15, 0.2) is 24.3 Å². The number of amides is 2. The van der Waals surface area contributed by atoms with Crippen molar-refractivity contribution in [2.75, 3.05) is 13.1 Å². The Morgan fingerprint density at radius 3 is 1.46 bits per heavy atom. The number of hydrogen-bond donors (Lipinski definition) is 4. The number of carboxylic acid groups (broad SMARTS) is 1. The molecule has 2 fully saturated rings. The molecule has 0 aromatic rings. The summed E-state index contributed by atoms with van der Waals surface area (Å²) >= 11 is 0. The van der Waals surface area contributed by atoms with Crippen molar-refractivity contribution in [1.29, 1.82) is 0 Å². The van der Waals surface area contributed by atoms with E-state index in [4.69, 9.17) is 15.2 Å². The van der Waals surface area contributed by atoms with Gasteiger partial charge in [-0.1, -0.05) is 115 Å². The second-order valence-electron chi connectivity index (χ2n) is 16.1. The summed E-state index contributed by atoms with van der Waals surface area (Å²) in [5, 5.41) is 15.3. The highest BCUT2D eigenvalue weighted by Gasteiger charge is 2.37. The summed E-state index contributed by atoms with van der Waals surface area (Å²) in [5.41, 5.74) is 5.77. The van der Waals surface area contributed by atoms with Crippen molar-refractivity contribution in [3.05, 3.63) is 24.3 Å². The quantitative estimate of drug-likeness (QED) is 0.0278. The van der Waals surface area contributed by atoms with E-state index >= 15 is 0 Å². The Morgan fingerprint density at radius 1 is 0.574 bits per heavy atom. The molecule has 2 saturated heterocycles. The molecule has 2 heterocycles. The average molecular weight is 760 g/mol. The van der Waals surface area contributed by atoms with Crippen LogP contribution in [-0.4, -0.2) is 66.4 Å². The first-order valence-corrected chi connectivity index (χ1v) is 22.5. The molecule has 2 aliphatic heterocycles. The number of nitrogens with two attached hydrogens (primary N) is 1. The zero-order valence-corrected chi connectivity index (χ0v) is 34.6. The number of allylic oxidation sites excluding steroid dienone is 2. The molecular formula is C45H81N3O6. The maximum atomic E-state index is 12.4. The van der Waals surface area contributed by atoms with Crippen molar-refractivity contribution in [1.82, 2.24) is 10.6 Å². The highest BCUT2D eigenvalue weighted by atomic mass is 16.6. The third kappa shape index (κ3) is 26.6. The van der Waals surface area contributed by atoms with E-state index in [1.807, 2.05) is 0 Å². The molecule has 9 heteroatoms. The van der Waals surface area contributed by atoms with Gasteiger partial charge in [0.1, 0.15) is 6.04 Å². The zero-order chi connectivity index (χ0) is 39.1. The minimum absolute atomic E-state index is 0.0776. The van der Waals surface area contributed by atoms with E-state index in [9.17, 15) is 19.5 Å². The smallest absolute Gasteiger partial charge is 0.320 e. The normalized spacial score (nSPS) is 20.4. The highest BCUT2D eigenvalue weighted by molar-refractivity contribution is 5.76. The maximum Gasteiger partial charge on any atom is 0.320 e. The largest absolute Gasteiger partial charge is 0.480 e. The van der Waals surface area contributed by atoms with E-state index in [2.05, 4.69) is 48.8 Å². The summed E-state index contributed by atoms with van der Waals surface area (Å²) < 4.78 is 11.5. The Kier molecular flexibility index (Phi) is 28.3. The van der Waals surface area contributed by atoms with E-state index in [-0.39, 0.29) is 17.7 Å². The Labute approximate surface area is 329 Å². The second kappa shape index (κ2) is 31.9. The highest BCUT2D eigenvalue weighted by Crippen LogP contribution is 2.31. The molecule has 0 saturated carbocycles. The van der Waals surface area contributed by atoms with Crippen LogP contribution in [0.3, 0.4) is 0 Å². The van der Waals surface area contributed by atoms with E-state index < -0.39 is 12.0 Å². The fourth-order valence-electron chi connectivity index (χ4n) is 7.30. The number of nitrogens with one attached hydrogen (secondary N) is 2. The molecule has 2 aliphatic rings. The summed E-state index contributed by atoms with van der Waals surface area (Å²) in [4.78, 5) is 36.1. The van der Waals surface area contributed by atoms with Gasteiger partial charge in [-0.05, 0) is 95.8 Å². The van der Waals surface area contributed by atoms with Crippen LogP contribution in [-0.2, 0) is 23.9 Å². The first kappa shape index (κ1) is 47.9. The molecule has 312 valence electrons. The molecule has 9 nitrogen and oxygen atoms in total. The Balaban J connectivity index is 1.44. The number of carbonyl (C=O) groups is 3. The lowest BCUT2D eigenvalue weighted by Crippen LogP contribution is -2.32. The van der Waals surface area contributed by atoms with Crippen molar-refractivity contribution >= 4 is 17.8 Å². The van der Waals surface area contributed by atoms with Gasteiger partial charge >= 0.3 is 5.97 Å². The third-order valence-electron chi connectivity index (χ3n) is 11.1. The second-order valence-corrected chi connectivity index (χ2v) is 16.1. The van der Waals surface area contributed by atoms with Gasteiger partial charge in [-0.2, -0.15) is 0 Å². The number of ether oxygens (including phenoxy) is 2. The molecule has 0 spiro atoms. The molecule has 0 aliphatic carbocycles. The number of hydrogen-bond acceptors (Lipinski definition) is 6. The number of carboxylic acids is 1. The first-order valence-electron chi connectivity index (χ1n) is 22.5. The van der Waals surface area contributed by atoms with Crippen LogP contribution in [0.2, 0.25) is 0 Å². The van der Waals surface area contributed by atoms with Gasteiger partial charge in [-0.15, -0.1) is 0 Å². The van der Waals surface area contributed by atoms with Crippen molar-refractivity contribution in [3.63, 3.8) is 0 Å². The van der Waals surface area contributed by atoms with Gasteiger partial charge in [0.05, 0.1) is 24.4 Å². The minimum atomic E-state index is -0.993. The lowest BCUT2D eigenvalue weighted by atomic mass is 9.93. The van der Waals surface area contributed by atoms with Gasteiger partial charge in [0.2, 0.25) is 11.8 Å². The topological polar surface area (TPSA) is 147 Å². The van der Waals surface area contributed by atoms with Crippen LogP contribution < -0.4 is 16.4 Å². The molecule has 0 aromatic heterocycles. The minimum Gasteiger partial charge on any atom is -0.480 e. The van der Waals surface area contributed by atoms with Crippen LogP contribution in [0, 0.1) is 5.92 Å². The number of epoxide rings is 2. The van der Waals surface area contributed by atoms with Gasteiger partial charge in [-0.3, -0.25) is 14.4 Å². The summed E-state index contributed by atoms with van der Waals surface area (Å²) in [6.45, 7) is 5.59. The number of carbonyl (C=O) groups excluding carboxylic acids is 2. The number of rotatable bonds is 38. The summed E-state index contributed by atoms with van der Waals surface area (Å²) in [7, 11) is 0. The Hall–Kier alpha value is -2.23. The molecule has 5 N–H and O–H groups in total. The van der Waals surface area contributed by atoms with E-state index in [1.54, 1.807) is 0 Å². The standard InChI is InChI=1S/C45H81N3O6/c1-3-5-19-25-39-41(53-39)27-21-15-11-7-9-13-17-23-29-43(49)47-35-33-37(31-32-38(46)45(51)52)34-36-48-44(50)30-24-18-14-10-8-12-16-22-28-42-40(54-42)26-20-6-4-2/h15-16,21-22,37-42H,3-14,17-20,23-36,46H2,1-2H3,(H,47,49)(H,48,50)(H,51,52). The molecule has 54 heavy (non-hydrogen) atoms. The van der Waals surface area contributed by atoms with Gasteiger partial charge < -0.3 is 30.9 Å². The van der Waals surface area contributed by atoms with Crippen LogP contribution in [0.4, 0.5) is 0 Å². The van der Waals surface area contributed by atoms with Crippen LogP contribution >= 0.6 is 0 Å². The zero-order valence-electron chi connectivity index (χ0n) is 34.6. The lowest BCUT2D eigenvalue weighted by molar-refractivity contribution is -0.138. The Bertz CT molecular complexity index is 967. The predicted molar refractivity (Wildman–Crippen MR) is 221 cm³/mol. The lowest BCUT2D eigenvalue weighted by Gasteiger charge is -2.19. The summed E-state index contributed by atoms with van der Waals surface area (Å²) in [6.07, 6.45) is 40.2. The van der Waals surface area contributed by atoms with Crippen molar-refractivity contribution in [2.24, 2.45) is 11.7 Å². The molecule has 2 amide bonds. The molecule has 5 atom stereocenters. The fourth-order valence-corrected chi connectivity index (χ4v) is 7.30. The molecule has 2 rings (SSSR count). The van der Waals surface area contributed by atoms with E-state index in [0.717, 1.165) is 77.0 Å². The van der Waals surface area contributed by atoms with Gasteiger partial charge in [-0.25, -0.2) is 0 Å². The first-order chi connectivity index (χ1) is 26.3. The maximum absolute atomic E-state index is 12.4. The predicted octanol–water partition coefficient (Wildman–Crippen LogP) is 9.86. The molecular weight excluding hydrogens is 679 g/mol. The summed E-state index contributed by atoms with van der Waals surface area (Å²) in [5.74, 6) is -0.650. The van der Waals surface area contributed by atoms with Gasteiger partial charge in [0, 0.05) is 25.9 Å².